The van der Waals surface area contributed by atoms with Crippen LogP contribution in [0.5, 0.6) is 0 Å². The van der Waals surface area contributed by atoms with Gasteiger partial charge in [0, 0.05) is 15.3 Å². The molecule has 0 aromatic carbocycles. The van der Waals surface area contributed by atoms with Gasteiger partial charge in [-0.05, 0) is 52.7 Å². The van der Waals surface area contributed by atoms with Gasteiger partial charge in [-0.1, -0.05) is 32.3 Å². The first kappa shape index (κ1) is 20.4. The maximum absolute atomic E-state index is 7.17. The van der Waals surface area contributed by atoms with Crippen LogP contribution in [0.1, 0.15) is 38.2 Å². The van der Waals surface area contributed by atoms with E-state index in [1.54, 1.807) is 0 Å². The van der Waals surface area contributed by atoms with Crippen LogP contribution in [-0.2, 0) is 6.42 Å². The summed E-state index contributed by atoms with van der Waals surface area (Å²) in [5, 5.41) is 28.1. The summed E-state index contributed by atoms with van der Waals surface area (Å²) in [4.78, 5) is 4.33. The molecule has 0 unspecified atom stereocenters. The van der Waals surface area contributed by atoms with Crippen LogP contribution in [0, 0.1) is 0 Å². The zero-order valence-corrected chi connectivity index (χ0v) is 16.7. The zero-order valence-electron chi connectivity index (χ0n) is 14.2. The number of unbranched alkanes of at least 4 members (excludes halogenated alkanes) is 3. The van der Waals surface area contributed by atoms with Crippen LogP contribution >= 0.6 is 34.0 Å². The van der Waals surface area contributed by atoms with Crippen molar-refractivity contribution in [2.45, 2.75) is 39.0 Å². The monoisotopic (exact) mass is 394 g/mol. The Kier molecular flexibility index (Phi) is 8.88. The average molecular weight is 394 g/mol. The summed E-state index contributed by atoms with van der Waals surface area (Å²) in [7, 11) is -2.17. The Morgan fingerprint density at radius 1 is 0.840 bits per heavy atom. The predicted molar refractivity (Wildman–Crippen MR) is 111 cm³/mol. The Hall–Kier alpha value is -0.955. The maximum atomic E-state index is 7.17. The molecule has 0 bridgehead atoms. The molecule has 3 heterocycles. The normalized spacial score (nSPS) is 10.4. The highest BCUT2D eigenvalue weighted by molar-refractivity contribution is 7.21. The molecule has 134 valence electrons. The molecule has 7 heteroatoms. The summed E-state index contributed by atoms with van der Waals surface area (Å²) < 4.78 is 0. The molecule has 0 aliphatic carbocycles. The summed E-state index contributed by atoms with van der Waals surface area (Å²) in [5.41, 5.74) is 2.95. The van der Waals surface area contributed by atoms with Gasteiger partial charge in [0.2, 0.25) is 0 Å². The van der Waals surface area contributed by atoms with Crippen molar-refractivity contribution < 1.29 is 15.1 Å². The molecule has 3 N–H and O–H groups in total. The minimum Gasteiger partial charge on any atom is -0.402 e. The molecule has 0 spiro atoms. The van der Waals surface area contributed by atoms with Crippen LogP contribution in [-0.4, -0.2) is 22.4 Å². The molecule has 0 saturated carbocycles. The molecule has 25 heavy (non-hydrogen) atoms. The van der Waals surface area contributed by atoms with E-state index < -0.39 is 7.32 Å². The first-order valence-electron chi connectivity index (χ1n) is 8.35. The lowest BCUT2D eigenvalue weighted by molar-refractivity contribution is 0.278. The van der Waals surface area contributed by atoms with E-state index in [2.05, 4.69) is 47.3 Å². The van der Waals surface area contributed by atoms with Crippen LogP contribution < -0.4 is 0 Å². The van der Waals surface area contributed by atoms with Gasteiger partial charge in [-0.15, -0.1) is 34.0 Å². The number of thiophene rings is 3. The highest BCUT2D eigenvalue weighted by Gasteiger charge is 2.14. The largest absolute Gasteiger partial charge is 0.631 e. The van der Waals surface area contributed by atoms with E-state index in [-0.39, 0.29) is 0 Å². The third-order valence-corrected chi connectivity index (χ3v) is 6.64. The first-order chi connectivity index (χ1) is 12.1. The van der Waals surface area contributed by atoms with Gasteiger partial charge in [-0.25, -0.2) is 0 Å². The molecular formula is C18H23BO3S3. The molecule has 0 aliphatic rings. The van der Waals surface area contributed by atoms with Gasteiger partial charge in [0.05, 0.1) is 4.88 Å². The standard InChI is InChI=1S/C18H20S3.BH3O3/c1-2-3-4-5-7-14-9-12-20-17(14)18-15(10-13-21-18)16-8-6-11-19-16;2-1(3)4/h6,8-13H,2-5,7H2,1H3;2-4H. The summed E-state index contributed by atoms with van der Waals surface area (Å²) in [6.07, 6.45) is 6.56. The smallest absolute Gasteiger partial charge is 0.402 e. The maximum Gasteiger partial charge on any atom is 0.631 e. The van der Waals surface area contributed by atoms with E-state index in [1.165, 1.54) is 57.9 Å². The van der Waals surface area contributed by atoms with Crippen LogP contribution in [0.15, 0.2) is 40.4 Å². The Morgan fingerprint density at radius 2 is 1.56 bits per heavy atom. The third kappa shape index (κ3) is 6.36. The van der Waals surface area contributed by atoms with Crippen molar-refractivity contribution in [2.24, 2.45) is 0 Å². The number of rotatable bonds is 7. The van der Waals surface area contributed by atoms with Crippen molar-refractivity contribution in [1.29, 1.82) is 0 Å². The van der Waals surface area contributed by atoms with E-state index in [1.807, 2.05) is 34.0 Å². The molecule has 0 amide bonds. The van der Waals surface area contributed by atoms with Crippen LogP contribution in [0.4, 0.5) is 0 Å². The lowest BCUT2D eigenvalue weighted by Gasteiger charge is -2.05. The van der Waals surface area contributed by atoms with Gasteiger partial charge in [0.15, 0.2) is 0 Å². The highest BCUT2D eigenvalue weighted by Crippen LogP contribution is 2.42. The Balaban J connectivity index is 0.000000511. The van der Waals surface area contributed by atoms with Crippen molar-refractivity contribution in [3.05, 3.63) is 46.0 Å². The fourth-order valence-electron chi connectivity index (χ4n) is 2.58. The molecule has 3 rings (SSSR count). The van der Waals surface area contributed by atoms with Gasteiger partial charge < -0.3 is 15.1 Å². The molecule has 0 saturated heterocycles. The quantitative estimate of drug-likeness (QED) is 0.378. The Morgan fingerprint density at radius 3 is 2.24 bits per heavy atom. The summed E-state index contributed by atoms with van der Waals surface area (Å²) >= 11 is 5.61. The van der Waals surface area contributed by atoms with Crippen LogP contribution in [0.2, 0.25) is 0 Å². The lowest BCUT2D eigenvalue weighted by atomic mass is 10.1. The molecular weight excluding hydrogens is 371 g/mol. The predicted octanol–water partition coefficient (Wildman–Crippen LogP) is 5.28. The Bertz CT molecular complexity index is 717. The molecule has 0 fully saturated rings. The minimum absolute atomic E-state index is 1.22. The van der Waals surface area contributed by atoms with Crippen LogP contribution in [0.3, 0.4) is 0 Å². The SMILES string of the molecule is CCCCCCc1ccsc1-c1sccc1-c1cccs1.OB(O)O. The molecule has 0 atom stereocenters. The summed E-state index contributed by atoms with van der Waals surface area (Å²) in [6, 6.07) is 8.96. The zero-order chi connectivity index (χ0) is 18.1. The molecule has 3 aromatic rings. The molecule has 0 aliphatic heterocycles. The summed E-state index contributed by atoms with van der Waals surface area (Å²) in [6.45, 7) is 2.27. The summed E-state index contributed by atoms with van der Waals surface area (Å²) in [5.74, 6) is 0. The van der Waals surface area contributed by atoms with Crippen molar-refractivity contribution in [3.8, 4) is 20.2 Å². The number of hydrogen-bond acceptors (Lipinski definition) is 6. The fourth-order valence-corrected chi connectivity index (χ4v) is 5.49. The van der Waals surface area contributed by atoms with Crippen molar-refractivity contribution in [1.82, 2.24) is 0 Å². The van der Waals surface area contributed by atoms with Crippen molar-refractivity contribution in [3.63, 3.8) is 0 Å². The Labute approximate surface area is 161 Å². The number of hydrogen-bond donors (Lipinski definition) is 3. The highest BCUT2D eigenvalue weighted by atomic mass is 32.1. The van der Waals surface area contributed by atoms with Gasteiger partial charge in [-0.3, -0.25) is 0 Å². The minimum atomic E-state index is -2.17. The topological polar surface area (TPSA) is 60.7 Å². The van der Waals surface area contributed by atoms with Gasteiger partial charge in [0.1, 0.15) is 0 Å². The average Bonchev–Trinajstić information content (AvgIpc) is 3.30. The van der Waals surface area contributed by atoms with Crippen molar-refractivity contribution >= 4 is 41.3 Å². The molecule has 3 aromatic heterocycles. The number of aryl methyl sites for hydroxylation is 1. The first-order valence-corrected chi connectivity index (χ1v) is 11.0. The second kappa shape index (κ2) is 10.9. The molecule has 0 radical (unpaired) electrons. The van der Waals surface area contributed by atoms with E-state index >= 15 is 0 Å². The second-order valence-electron chi connectivity index (χ2n) is 5.57. The second-order valence-corrected chi connectivity index (χ2v) is 8.35. The third-order valence-electron chi connectivity index (χ3n) is 3.70. The van der Waals surface area contributed by atoms with Gasteiger partial charge >= 0.3 is 7.32 Å². The van der Waals surface area contributed by atoms with E-state index in [0.717, 1.165) is 0 Å². The van der Waals surface area contributed by atoms with Gasteiger partial charge in [-0.2, -0.15) is 0 Å². The van der Waals surface area contributed by atoms with Crippen LogP contribution in [0.25, 0.3) is 20.2 Å². The fraction of sp³-hybridized carbons (Fsp3) is 0.333. The van der Waals surface area contributed by atoms with Gasteiger partial charge in [0.25, 0.3) is 0 Å². The van der Waals surface area contributed by atoms with E-state index in [0.29, 0.717) is 0 Å². The van der Waals surface area contributed by atoms with E-state index in [9.17, 15) is 0 Å². The van der Waals surface area contributed by atoms with Crippen molar-refractivity contribution in [2.75, 3.05) is 0 Å². The molecule has 3 nitrogen and oxygen atoms in total. The lowest BCUT2D eigenvalue weighted by Crippen LogP contribution is -2.07. The van der Waals surface area contributed by atoms with E-state index in [4.69, 9.17) is 15.1 Å².